The van der Waals surface area contributed by atoms with E-state index >= 15 is 4.39 Å². The fourth-order valence-electron chi connectivity index (χ4n) is 4.87. The third-order valence-electron chi connectivity index (χ3n) is 6.23. The van der Waals surface area contributed by atoms with Crippen LogP contribution in [-0.2, 0) is 0 Å². The molecule has 0 unspecified atom stereocenters. The Morgan fingerprint density at radius 1 is 1.00 bits per heavy atom. The maximum Gasteiger partial charge on any atom is 0.341 e. The second kappa shape index (κ2) is 8.01. The Kier molecular flexibility index (Phi) is 5.13. The number of hydrogen-bond acceptors (Lipinski definition) is 4. The van der Waals surface area contributed by atoms with Gasteiger partial charge in [-0.05, 0) is 37.4 Å². The van der Waals surface area contributed by atoms with Crippen molar-refractivity contribution in [3.8, 4) is 5.69 Å². The van der Waals surface area contributed by atoms with Crippen LogP contribution in [0.5, 0.6) is 0 Å². The minimum Gasteiger partial charge on any atom is -0.477 e. The smallest absolute Gasteiger partial charge is 0.341 e. The van der Waals surface area contributed by atoms with Gasteiger partial charge in [0.2, 0.25) is 5.43 Å². The lowest BCUT2D eigenvalue weighted by Crippen LogP contribution is -2.54. The number of rotatable bonds is 3. The van der Waals surface area contributed by atoms with Gasteiger partial charge in [-0.25, -0.2) is 9.18 Å². The van der Waals surface area contributed by atoms with Crippen LogP contribution in [0.3, 0.4) is 0 Å². The molecule has 1 aliphatic rings. The van der Waals surface area contributed by atoms with Crippen molar-refractivity contribution >= 4 is 33.3 Å². The fourth-order valence-corrected chi connectivity index (χ4v) is 4.87. The number of nitrogens with zero attached hydrogens (tertiary/aromatic N) is 2. The summed E-state index contributed by atoms with van der Waals surface area (Å²) >= 11 is 0. The first-order chi connectivity index (χ1) is 15.8. The fraction of sp³-hybridized carbons (Fsp3) is 0.231. The third-order valence-corrected chi connectivity index (χ3v) is 6.23. The van der Waals surface area contributed by atoms with E-state index in [2.05, 4.69) is 5.32 Å². The van der Waals surface area contributed by atoms with Gasteiger partial charge < -0.3 is 19.9 Å². The van der Waals surface area contributed by atoms with Gasteiger partial charge in [0.25, 0.3) is 0 Å². The standard InChI is InChI=1S/C26H24FN3O3/c1-15-12-29(13-16(2)28-15)24-11-23-19(10-21(24)27)25(31)20(26(32)33)14-30(23)22-9-5-7-17-6-3-4-8-18(17)22/h3-11,14-16,28H,12-13H2,1-2H3,(H,32,33)/t15-,16+. The van der Waals surface area contributed by atoms with Crippen LogP contribution in [0, 0.1) is 5.82 Å². The summed E-state index contributed by atoms with van der Waals surface area (Å²) in [5, 5.41) is 15.0. The lowest BCUT2D eigenvalue weighted by Gasteiger charge is -2.38. The zero-order valence-corrected chi connectivity index (χ0v) is 18.4. The largest absolute Gasteiger partial charge is 0.477 e. The molecule has 168 valence electrons. The highest BCUT2D eigenvalue weighted by atomic mass is 19.1. The molecule has 6 nitrogen and oxygen atoms in total. The minimum absolute atomic E-state index is 0.0420. The molecule has 0 amide bonds. The third kappa shape index (κ3) is 3.64. The van der Waals surface area contributed by atoms with E-state index in [4.69, 9.17) is 0 Å². The number of piperazine rings is 1. The number of nitrogens with one attached hydrogen (secondary N) is 1. The van der Waals surface area contributed by atoms with Crippen LogP contribution in [0.2, 0.25) is 0 Å². The highest BCUT2D eigenvalue weighted by molar-refractivity contribution is 5.97. The van der Waals surface area contributed by atoms with Crippen molar-refractivity contribution in [1.29, 1.82) is 0 Å². The molecule has 7 heteroatoms. The van der Waals surface area contributed by atoms with Crippen molar-refractivity contribution < 1.29 is 14.3 Å². The summed E-state index contributed by atoms with van der Waals surface area (Å²) in [4.78, 5) is 26.8. The molecule has 0 saturated carbocycles. The van der Waals surface area contributed by atoms with Crippen LogP contribution in [0.1, 0.15) is 24.2 Å². The molecule has 5 rings (SSSR count). The van der Waals surface area contributed by atoms with E-state index in [1.807, 2.05) is 61.2 Å². The van der Waals surface area contributed by atoms with Gasteiger partial charge in [-0.3, -0.25) is 4.79 Å². The molecular weight excluding hydrogens is 421 g/mol. The monoisotopic (exact) mass is 445 g/mol. The number of pyridine rings is 1. The van der Waals surface area contributed by atoms with E-state index in [0.717, 1.165) is 16.5 Å². The van der Waals surface area contributed by atoms with Crippen molar-refractivity contribution in [2.24, 2.45) is 0 Å². The van der Waals surface area contributed by atoms with Gasteiger partial charge in [-0.2, -0.15) is 0 Å². The molecule has 2 atom stereocenters. The van der Waals surface area contributed by atoms with Crippen molar-refractivity contribution in [3.63, 3.8) is 0 Å². The van der Waals surface area contributed by atoms with Crippen molar-refractivity contribution in [3.05, 3.63) is 82.4 Å². The van der Waals surface area contributed by atoms with Crippen molar-refractivity contribution in [2.45, 2.75) is 25.9 Å². The molecule has 0 bridgehead atoms. The Morgan fingerprint density at radius 3 is 2.42 bits per heavy atom. The van der Waals surface area contributed by atoms with Gasteiger partial charge in [-0.15, -0.1) is 0 Å². The molecule has 3 aromatic carbocycles. The zero-order valence-electron chi connectivity index (χ0n) is 18.4. The van der Waals surface area contributed by atoms with Crippen LogP contribution >= 0.6 is 0 Å². The van der Waals surface area contributed by atoms with E-state index < -0.39 is 22.8 Å². The summed E-state index contributed by atoms with van der Waals surface area (Å²) in [7, 11) is 0. The molecule has 2 N–H and O–H groups in total. The predicted molar refractivity (Wildman–Crippen MR) is 128 cm³/mol. The number of carboxylic acids is 1. The van der Waals surface area contributed by atoms with Crippen molar-refractivity contribution in [1.82, 2.24) is 9.88 Å². The number of fused-ring (bicyclic) bond motifs is 2. The molecule has 33 heavy (non-hydrogen) atoms. The molecule has 2 heterocycles. The average molecular weight is 445 g/mol. The van der Waals surface area contributed by atoms with Crippen LogP contribution in [0.4, 0.5) is 10.1 Å². The normalized spacial score (nSPS) is 18.7. The topological polar surface area (TPSA) is 74.6 Å². The first kappa shape index (κ1) is 21.2. The van der Waals surface area contributed by atoms with Crippen LogP contribution in [0.25, 0.3) is 27.4 Å². The number of anilines is 1. The average Bonchev–Trinajstić information content (AvgIpc) is 2.78. The summed E-state index contributed by atoms with van der Waals surface area (Å²) in [5.41, 5.74) is 0.504. The van der Waals surface area contributed by atoms with Crippen LogP contribution < -0.4 is 15.6 Å². The van der Waals surface area contributed by atoms with E-state index in [1.165, 1.54) is 12.3 Å². The van der Waals surface area contributed by atoms with Gasteiger partial charge >= 0.3 is 5.97 Å². The maximum atomic E-state index is 15.3. The number of benzene rings is 3. The molecule has 0 aliphatic carbocycles. The summed E-state index contributed by atoms with van der Waals surface area (Å²) in [6.07, 6.45) is 1.35. The minimum atomic E-state index is -1.34. The first-order valence-corrected chi connectivity index (χ1v) is 10.9. The Bertz CT molecular complexity index is 1450. The molecule has 1 aromatic heterocycles. The van der Waals surface area contributed by atoms with Crippen molar-refractivity contribution in [2.75, 3.05) is 18.0 Å². The molecule has 1 aliphatic heterocycles. The van der Waals surface area contributed by atoms with E-state index in [0.29, 0.717) is 24.3 Å². The summed E-state index contributed by atoms with van der Waals surface area (Å²) in [6, 6.07) is 16.7. The summed E-state index contributed by atoms with van der Waals surface area (Å²) < 4.78 is 17.0. The molecule has 0 spiro atoms. The Balaban J connectivity index is 1.83. The Hall–Kier alpha value is -3.71. The Morgan fingerprint density at radius 2 is 1.70 bits per heavy atom. The van der Waals surface area contributed by atoms with Gasteiger partial charge in [-0.1, -0.05) is 36.4 Å². The summed E-state index contributed by atoms with van der Waals surface area (Å²) in [5.74, 6) is -1.88. The van der Waals surface area contributed by atoms with Gasteiger partial charge in [0.15, 0.2) is 0 Å². The molecule has 0 radical (unpaired) electrons. The number of carbonyl (C=O) groups is 1. The molecular formula is C26H24FN3O3. The van der Waals surface area contributed by atoms with E-state index in [9.17, 15) is 14.7 Å². The first-order valence-electron chi connectivity index (χ1n) is 10.9. The van der Waals surface area contributed by atoms with Crippen LogP contribution in [-0.4, -0.2) is 40.8 Å². The number of aromatic carboxylic acids is 1. The number of halogens is 1. The predicted octanol–water partition coefficient (Wildman–Crippen LogP) is 4.17. The number of hydrogen-bond donors (Lipinski definition) is 2. The SMILES string of the molecule is C[C@@H]1CN(c2cc3c(cc2F)c(=O)c(C(=O)O)cn3-c2cccc3ccccc23)C[C@H](C)N1. The Labute approximate surface area is 189 Å². The second-order valence-corrected chi connectivity index (χ2v) is 8.74. The lowest BCUT2D eigenvalue weighted by molar-refractivity contribution is 0.0695. The second-order valence-electron chi connectivity index (χ2n) is 8.74. The number of aromatic nitrogens is 1. The molecule has 4 aromatic rings. The number of carboxylic acid groups (broad SMARTS) is 1. The quantitative estimate of drug-likeness (QED) is 0.495. The van der Waals surface area contributed by atoms with Crippen LogP contribution in [0.15, 0.2) is 65.6 Å². The molecule has 1 saturated heterocycles. The molecule has 1 fully saturated rings. The highest BCUT2D eigenvalue weighted by Crippen LogP contribution is 2.30. The maximum absolute atomic E-state index is 15.3. The van der Waals surface area contributed by atoms with E-state index in [-0.39, 0.29) is 17.5 Å². The zero-order chi connectivity index (χ0) is 23.3. The van der Waals surface area contributed by atoms with Gasteiger partial charge in [0, 0.05) is 42.1 Å². The van der Waals surface area contributed by atoms with Gasteiger partial charge in [0.1, 0.15) is 11.4 Å². The summed E-state index contributed by atoms with van der Waals surface area (Å²) in [6.45, 7) is 5.34. The highest BCUT2D eigenvalue weighted by Gasteiger charge is 2.25. The lowest BCUT2D eigenvalue weighted by atomic mass is 10.0. The van der Waals surface area contributed by atoms with Gasteiger partial charge in [0.05, 0.1) is 16.9 Å². The van der Waals surface area contributed by atoms with E-state index in [1.54, 1.807) is 10.6 Å².